The van der Waals surface area contributed by atoms with Crippen molar-refractivity contribution in [2.45, 2.75) is 39.8 Å². The summed E-state index contributed by atoms with van der Waals surface area (Å²) in [7, 11) is 0. The molecular weight excluding hydrogens is 345 g/mol. The number of halogens is 1. The van der Waals surface area contributed by atoms with E-state index in [4.69, 9.17) is 4.42 Å². The molecule has 144 valence electrons. The van der Waals surface area contributed by atoms with Crippen LogP contribution < -0.4 is 0 Å². The highest BCUT2D eigenvalue weighted by Gasteiger charge is 2.31. The zero-order chi connectivity index (χ0) is 19.0. The maximum atomic E-state index is 13.9. The van der Waals surface area contributed by atoms with Gasteiger partial charge < -0.3 is 9.32 Å². The highest BCUT2D eigenvalue weighted by Crippen LogP contribution is 2.25. The molecule has 2 aliphatic rings. The van der Waals surface area contributed by atoms with Gasteiger partial charge in [-0.3, -0.25) is 9.69 Å². The van der Waals surface area contributed by atoms with E-state index in [0.717, 1.165) is 37.5 Å². The number of aromatic nitrogens is 1. The second-order valence-electron chi connectivity index (χ2n) is 8.10. The summed E-state index contributed by atoms with van der Waals surface area (Å²) in [6, 6.07) is 6.84. The summed E-state index contributed by atoms with van der Waals surface area (Å²) in [5.41, 5.74) is 1.48. The van der Waals surface area contributed by atoms with E-state index in [-0.39, 0.29) is 17.6 Å². The van der Waals surface area contributed by atoms with Gasteiger partial charge in [0, 0.05) is 44.7 Å². The first-order valence-electron chi connectivity index (χ1n) is 9.73. The van der Waals surface area contributed by atoms with E-state index in [1.54, 1.807) is 12.1 Å². The molecule has 2 atom stereocenters. The van der Waals surface area contributed by atoms with E-state index >= 15 is 0 Å². The van der Waals surface area contributed by atoms with E-state index < -0.39 is 0 Å². The zero-order valence-electron chi connectivity index (χ0n) is 15.9. The average Bonchev–Trinajstić information content (AvgIpc) is 3.05. The molecule has 0 radical (unpaired) electrons. The van der Waals surface area contributed by atoms with E-state index in [9.17, 15) is 9.18 Å². The third-order valence-electron chi connectivity index (χ3n) is 5.50. The lowest BCUT2D eigenvalue weighted by atomic mass is 9.92. The van der Waals surface area contributed by atoms with Gasteiger partial charge in [0.2, 0.25) is 0 Å². The highest BCUT2D eigenvalue weighted by molar-refractivity contribution is 5.89. The number of nitrogens with zero attached hydrogens (tertiary/aromatic N) is 3. The predicted octanol–water partition coefficient (Wildman–Crippen LogP) is 3.49. The molecule has 27 heavy (non-hydrogen) atoms. The lowest BCUT2D eigenvalue weighted by molar-refractivity contribution is 0.0581. The number of rotatable bonds is 3. The minimum Gasteiger partial charge on any atom is -0.437 e. The van der Waals surface area contributed by atoms with Crippen molar-refractivity contribution in [2.75, 3.05) is 19.6 Å². The van der Waals surface area contributed by atoms with Crippen LogP contribution in [0.3, 0.4) is 0 Å². The summed E-state index contributed by atoms with van der Waals surface area (Å²) in [5, 5.41) is 0. The number of benzene rings is 1. The Kier molecular flexibility index (Phi) is 5.00. The molecular formula is C21H26FN3O2. The summed E-state index contributed by atoms with van der Waals surface area (Å²) in [5.74, 6) is 1.70. The summed E-state index contributed by atoms with van der Waals surface area (Å²) >= 11 is 0. The van der Waals surface area contributed by atoms with Crippen molar-refractivity contribution in [3.05, 3.63) is 53.0 Å². The fraction of sp³-hybridized carbons (Fsp3) is 0.524. The number of amides is 1. The normalized spacial score (nSPS) is 23.3. The van der Waals surface area contributed by atoms with E-state index in [1.807, 2.05) is 11.0 Å². The molecule has 0 bridgehead atoms. The minimum atomic E-state index is -0.187. The molecule has 0 unspecified atom stereocenters. The monoisotopic (exact) mass is 371 g/mol. The molecule has 0 spiro atoms. The van der Waals surface area contributed by atoms with E-state index in [1.165, 1.54) is 6.07 Å². The number of oxazole rings is 1. The minimum absolute atomic E-state index is 0.108. The summed E-state index contributed by atoms with van der Waals surface area (Å²) in [6.45, 7) is 7.75. The maximum Gasteiger partial charge on any atom is 0.309 e. The Morgan fingerprint density at radius 3 is 2.74 bits per heavy atom. The Bertz CT molecular complexity index is 825. The SMILES string of the molecule is C[C@@H]1C[C@@H](C)CN(C(=O)c2nc3c(o2)CCN(Cc2ccccc2F)C3)C1. The molecule has 2 aromatic rings. The van der Waals surface area contributed by atoms with Gasteiger partial charge >= 0.3 is 5.91 Å². The lowest BCUT2D eigenvalue weighted by Gasteiger charge is -2.34. The van der Waals surface area contributed by atoms with E-state index in [0.29, 0.717) is 36.9 Å². The Balaban J connectivity index is 1.45. The van der Waals surface area contributed by atoms with Crippen LogP contribution in [0.5, 0.6) is 0 Å². The number of hydrogen-bond donors (Lipinski definition) is 0. The molecule has 6 heteroatoms. The number of likely N-dealkylation sites (tertiary alicyclic amines) is 1. The van der Waals surface area contributed by atoms with E-state index in [2.05, 4.69) is 23.7 Å². The van der Waals surface area contributed by atoms with Gasteiger partial charge in [0.25, 0.3) is 5.89 Å². The fourth-order valence-corrected chi connectivity index (χ4v) is 4.31. The average molecular weight is 371 g/mol. The molecule has 1 aromatic carbocycles. The Hall–Kier alpha value is -2.21. The second-order valence-corrected chi connectivity index (χ2v) is 8.10. The number of carbonyl (C=O) groups excluding carboxylic acids is 1. The maximum absolute atomic E-state index is 13.9. The third-order valence-corrected chi connectivity index (χ3v) is 5.50. The van der Waals surface area contributed by atoms with Gasteiger partial charge in [-0.15, -0.1) is 0 Å². The number of carbonyl (C=O) groups is 1. The topological polar surface area (TPSA) is 49.6 Å². The van der Waals surface area contributed by atoms with Crippen molar-refractivity contribution in [2.24, 2.45) is 11.8 Å². The first-order valence-corrected chi connectivity index (χ1v) is 9.73. The molecule has 0 saturated carbocycles. The number of piperidine rings is 1. The molecule has 2 aliphatic heterocycles. The summed E-state index contributed by atoms with van der Waals surface area (Å²) in [6.07, 6.45) is 1.84. The molecule has 1 fully saturated rings. The fourth-order valence-electron chi connectivity index (χ4n) is 4.31. The van der Waals surface area contributed by atoms with Gasteiger partial charge in [-0.2, -0.15) is 0 Å². The van der Waals surface area contributed by atoms with Crippen molar-refractivity contribution in [3.63, 3.8) is 0 Å². The molecule has 0 aliphatic carbocycles. The van der Waals surface area contributed by atoms with Gasteiger partial charge in [-0.1, -0.05) is 32.0 Å². The standard InChI is InChI=1S/C21H26FN3O2/c1-14-9-15(2)11-25(10-14)21(26)20-23-18-13-24(8-7-19(18)27-20)12-16-5-3-4-6-17(16)22/h3-6,14-15H,7-13H2,1-2H3/t14-,15-/m1/s1. The van der Waals surface area contributed by atoms with Crippen molar-refractivity contribution >= 4 is 5.91 Å². The van der Waals surface area contributed by atoms with Crippen molar-refractivity contribution in [1.29, 1.82) is 0 Å². The Labute approximate surface area is 159 Å². The molecule has 4 rings (SSSR count). The molecule has 1 saturated heterocycles. The van der Waals surface area contributed by atoms with Crippen LogP contribution in [0, 0.1) is 17.7 Å². The third kappa shape index (κ3) is 3.90. The zero-order valence-corrected chi connectivity index (χ0v) is 15.9. The van der Waals surface area contributed by atoms with Gasteiger partial charge in [-0.25, -0.2) is 9.37 Å². The van der Waals surface area contributed by atoms with Crippen LogP contribution in [0.4, 0.5) is 4.39 Å². The molecule has 3 heterocycles. The quantitative estimate of drug-likeness (QED) is 0.829. The highest BCUT2D eigenvalue weighted by atomic mass is 19.1. The summed E-state index contributed by atoms with van der Waals surface area (Å²) in [4.78, 5) is 21.3. The Morgan fingerprint density at radius 1 is 1.26 bits per heavy atom. The van der Waals surface area contributed by atoms with Gasteiger partial charge in [0.15, 0.2) is 0 Å². The smallest absolute Gasteiger partial charge is 0.309 e. The Morgan fingerprint density at radius 2 is 2.00 bits per heavy atom. The number of fused-ring (bicyclic) bond motifs is 1. The first kappa shape index (κ1) is 18.2. The molecule has 0 N–H and O–H groups in total. The largest absolute Gasteiger partial charge is 0.437 e. The van der Waals surface area contributed by atoms with Crippen LogP contribution in [-0.2, 0) is 19.5 Å². The second kappa shape index (κ2) is 7.43. The molecule has 5 nitrogen and oxygen atoms in total. The van der Waals surface area contributed by atoms with Gasteiger partial charge in [0.05, 0.1) is 5.69 Å². The lowest BCUT2D eigenvalue weighted by Crippen LogP contribution is -2.42. The van der Waals surface area contributed by atoms with Crippen LogP contribution in [0.2, 0.25) is 0 Å². The van der Waals surface area contributed by atoms with Crippen LogP contribution in [0.15, 0.2) is 28.7 Å². The summed E-state index contributed by atoms with van der Waals surface area (Å²) < 4.78 is 19.7. The van der Waals surface area contributed by atoms with Crippen molar-refractivity contribution in [3.8, 4) is 0 Å². The van der Waals surface area contributed by atoms with Gasteiger partial charge in [-0.05, 0) is 24.3 Å². The molecule has 1 aromatic heterocycles. The predicted molar refractivity (Wildman–Crippen MR) is 99.6 cm³/mol. The van der Waals surface area contributed by atoms with Crippen LogP contribution in [0.1, 0.15) is 48.0 Å². The number of hydrogen-bond acceptors (Lipinski definition) is 4. The van der Waals surface area contributed by atoms with Crippen molar-refractivity contribution in [1.82, 2.24) is 14.8 Å². The van der Waals surface area contributed by atoms with Crippen LogP contribution >= 0.6 is 0 Å². The van der Waals surface area contributed by atoms with Crippen molar-refractivity contribution < 1.29 is 13.6 Å². The van der Waals surface area contributed by atoms with Crippen LogP contribution in [-0.4, -0.2) is 40.3 Å². The van der Waals surface area contributed by atoms with Crippen LogP contribution in [0.25, 0.3) is 0 Å². The first-order chi connectivity index (χ1) is 13.0. The molecule has 1 amide bonds. The van der Waals surface area contributed by atoms with Gasteiger partial charge in [0.1, 0.15) is 11.6 Å².